The zero-order valence-corrected chi connectivity index (χ0v) is 8.81. The van der Waals surface area contributed by atoms with Gasteiger partial charge >= 0.3 is 0 Å². The first-order chi connectivity index (χ1) is 7.72. The van der Waals surface area contributed by atoms with Crippen LogP contribution in [-0.4, -0.2) is 16.7 Å². The molecular formula is C11H14N3O2-. The molecule has 5 heteroatoms. The van der Waals surface area contributed by atoms with E-state index in [9.17, 15) is 5.21 Å². The van der Waals surface area contributed by atoms with Crippen LogP contribution in [0.5, 0.6) is 0 Å². The SMILES string of the molecule is NCCCc1c[nH]c2ccc(N([O-])O)cc12. The molecular weight excluding hydrogens is 206 g/mol. The van der Waals surface area contributed by atoms with Crippen LogP contribution in [0.15, 0.2) is 24.4 Å². The van der Waals surface area contributed by atoms with Crippen molar-refractivity contribution in [1.29, 1.82) is 0 Å². The number of rotatable bonds is 4. The molecule has 0 aliphatic carbocycles. The van der Waals surface area contributed by atoms with Crippen LogP contribution in [0.25, 0.3) is 10.9 Å². The molecule has 1 heterocycles. The second-order valence-corrected chi connectivity index (χ2v) is 3.71. The van der Waals surface area contributed by atoms with Gasteiger partial charge in [-0.2, -0.15) is 0 Å². The third-order valence-electron chi connectivity index (χ3n) is 2.62. The largest absolute Gasteiger partial charge is 0.733 e. The molecule has 0 atom stereocenters. The summed E-state index contributed by atoms with van der Waals surface area (Å²) in [5.74, 6) is 0. The van der Waals surface area contributed by atoms with Gasteiger partial charge in [0.2, 0.25) is 0 Å². The molecule has 0 saturated carbocycles. The second kappa shape index (κ2) is 4.52. The number of aromatic nitrogens is 1. The van der Waals surface area contributed by atoms with Crippen molar-refractivity contribution in [2.24, 2.45) is 5.73 Å². The summed E-state index contributed by atoms with van der Waals surface area (Å²) in [6, 6.07) is 5.01. The number of hydrogen-bond donors (Lipinski definition) is 3. The summed E-state index contributed by atoms with van der Waals surface area (Å²) < 4.78 is 0. The summed E-state index contributed by atoms with van der Waals surface area (Å²) in [4.78, 5) is 3.12. The summed E-state index contributed by atoms with van der Waals surface area (Å²) in [7, 11) is 0. The van der Waals surface area contributed by atoms with Crippen LogP contribution in [0.4, 0.5) is 5.69 Å². The van der Waals surface area contributed by atoms with Crippen molar-refractivity contribution in [2.45, 2.75) is 12.8 Å². The van der Waals surface area contributed by atoms with Gasteiger partial charge in [0.25, 0.3) is 0 Å². The third kappa shape index (κ3) is 2.01. The Bertz CT molecular complexity index is 479. The van der Waals surface area contributed by atoms with Gasteiger partial charge in [-0.25, -0.2) is 0 Å². The van der Waals surface area contributed by atoms with Crippen molar-refractivity contribution < 1.29 is 5.21 Å². The molecule has 16 heavy (non-hydrogen) atoms. The molecule has 0 aliphatic rings. The van der Waals surface area contributed by atoms with Gasteiger partial charge in [0.1, 0.15) is 0 Å². The second-order valence-electron chi connectivity index (χ2n) is 3.71. The zero-order valence-electron chi connectivity index (χ0n) is 8.81. The number of aryl methyl sites for hydroxylation is 1. The minimum absolute atomic E-state index is 0.126. The Kier molecular flexibility index (Phi) is 3.09. The molecule has 1 aromatic heterocycles. The fourth-order valence-electron chi connectivity index (χ4n) is 1.78. The standard InChI is InChI=1S/C11H14N3O2/c12-5-1-2-8-7-13-11-4-3-9(14(15)16)6-10(8)11/h3-4,6-7,13,15H,1-2,5,12H2/q-1. The van der Waals surface area contributed by atoms with Crippen LogP contribution in [0.1, 0.15) is 12.0 Å². The van der Waals surface area contributed by atoms with Crippen molar-refractivity contribution in [2.75, 3.05) is 11.8 Å². The van der Waals surface area contributed by atoms with Crippen LogP contribution < -0.4 is 11.0 Å². The lowest BCUT2D eigenvalue weighted by atomic mass is 10.1. The molecule has 2 rings (SSSR count). The van der Waals surface area contributed by atoms with E-state index in [4.69, 9.17) is 10.9 Å². The molecule has 0 aliphatic heterocycles. The highest BCUT2D eigenvalue weighted by Gasteiger charge is 2.04. The molecule has 0 spiro atoms. The van der Waals surface area contributed by atoms with E-state index in [1.165, 1.54) is 0 Å². The summed E-state index contributed by atoms with van der Waals surface area (Å²) in [6.07, 6.45) is 3.68. The number of nitrogens with two attached hydrogens (primary N) is 1. The van der Waals surface area contributed by atoms with Crippen molar-refractivity contribution in [3.8, 4) is 0 Å². The third-order valence-corrected chi connectivity index (χ3v) is 2.62. The Balaban J connectivity index is 2.39. The van der Waals surface area contributed by atoms with Crippen LogP contribution in [0.2, 0.25) is 0 Å². The van der Waals surface area contributed by atoms with Gasteiger partial charge in [0.05, 0.1) is 5.69 Å². The summed E-state index contributed by atoms with van der Waals surface area (Å²) >= 11 is 0. The zero-order chi connectivity index (χ0) is 11.5. The highest BCUT2D eigenvalue weighted by Crippen LogP contribution is 2.24. The van der Waals surface area contributed by atoms with E-state index in [2.05, 4.69) is 4.98 Å². The number of fused-ring (bicyclic) bond motifs is 1. The van der Waals surface area contributed by atoms with Crippen molar-refractivity contribution in [3.63, 3.8) is 0 Å². The van der Waals surface area contributed by atoms with Crippen LogP contribution in [0, 0.1) is 5.21 Å². The number of hydrogen-bond acceptors (Lipinski definition) is 4. The van der Waals surface area contributed by atoms with Crippen LogP contribution >= 0.6 is 0 Å². The van der Waals surface area contributed by atoms with Gasteiger partial charge in [0, 0.05) is 17.1 Å². The number of H-pyrrole nitrogens is 1. The maximum absolute atomic E-state index is 10.8. The molecule has 86 valence electrons. The molecule has 0 saturated heterocycles. The lowest BCUT2D eigenvalue weighted by molar-refractivity contribution is 0.296. The number of anilines is 1. The highest BCUT2D eigenvalue weighted by atomic mass is 16.8. The molecule has 0 radical (unpaired) electrons. The number of aromatic amines is 1. The first-order valence-corrected chi connectivity index (χ1v) is 5.18. The van der Waals surface area contributed by atoms with Gasteiger partial charge < -0.3 is 21.2 Å². The van der Waals surface area contributed by atoms with E-state index in [1.54, 1.807) is 18.2 Å². The first kappa shape index (κ1) is 10.9. The Labute approximate surface area is 93.0 Å². The minimum Gasteiger partial charge on any atom is -0.733 e. The van der Waals surface area contributed by atoms with E-state index in [0.717, 1.165) is 29.3 Å². The monoisotopic (exact) mass is 220 g/mol. The Morgan fingerprint density at radius 1 is 1.44 bits per heavy atom. The minimum atomic E-state index is -0.126. The molecule has 0 fully saturated rings. The molecule has 0 unspecified atom stereocenters. The van der Waals surface area contributed by atoms with Crippen molar-refractivity contribution in [1.82, 2.24) is 4.98 Å². The quantitative estimate of drug-likeness (QED) is 0.685. The fourth-order valence-corrected chi connectivity index (χ4v) is 1.78. The average Bonchev–Trinajstić information content (AvgIpc) is 2.68. The van der Waals surface area contributed by atoms with Crippen LogP contribution in [0.3, 0.4) is 0 Å². The van der Waals surface area contributed by atoms with Crippen LogP contribution in [-0.2, 0) is 6.42 Å². The summed E-state index contributed by atoms with van der Waals surface area (Å²) in [6.45, 7) is 0.639. The average molecular weight is 220 g/mol. The van der Waals surface area contributed by atoms with E-state index in [-0.39, 0.29) is 10.9 Å². The van der Waals surface area contributed by atoms with E-state index >= 15 is 0 Å². The number of nitrogens with one attached hydrogen (secondary N) is 1. The maximum atomic E-state index is 10.8. The van der Waals surface area contributed by atoms with Gasteiger partial charge in [-0.05, 0) is 43.1 Å². The highest BCUT2D eigenvalue weighted by molar-refractivity contribution is 5.86. The molecule has 4 N–H and O–H groups in total. The van der Waals surface area contributed by atoms with Gasteiger partial charge in [0.15, 0.2) is 0 Å². The van der Waals surface area contributed by atoms with Gasteiger partial charge in [-0.1, -0.05) is 0 Å². The Hall–Kier alpha value is -1.56. The molecule has 5 nitrogen and oxygen atoms in total. The molecule has 2 aromatic rings. The van der Waals surface area contributed by atoms with E-state index < -0.39 is 0 Å². The molecule has 0 bridgehead atoms. The van der Waals surface area contributed by atoms with E-state index in [1.807, 2.05) is 6.20 Å². The smallest absolute Gasteiger partial charge is 0.0516 e. The molecule has 0 amide bonds. The maximum Gasteiger partial charge on any atom is 0.0516 e. The van der Waals surface area contributed by atoms with Crippen molar-refractivity contribution >= 4 is 16.6 Å². The van der Waals surface area contributed by atoms with Gasteiger partial charge in [-0.15, -0.1) is 0 Å². The normalized spacial score (nSPS) is 10.9. The predicted molar refractivity (Wildman–Crippen MR) is 63.3 cm³/mol. The topological polar surface area (TPSA) is 88.3 Å². The lowest BCUT2D eigenvalue weighted by Crippen LogP contribution is -2.06. The van der Waals surface area contributed by atoms with Gasteiger partial charge in [-0.3, -0.25) is 5.21 Å². The summed E-state index contributed by atoms with van der Waals surface area (Å²) in [5, 5.41) is 20.4. The first-order valence-electron chi connectivity index (χ1n) is 5.18. The Morgan fingerprint density at radius 3 is 2.94 bits per heavy atom. The fraction of sp³-hybridized carbons (Fsp3) is 0.273. The van der Waals surface area contributed by atoms with E-state index in [0.29, 0.717) is 6.54 Å². The number of benzene rings is 1. The molecule has 1 aromatic carbocycles. The summed E-state index contributed by atoms with van der Waals surface area (Å²) in [5.41, 5.74) is 7.77. The number of nitrogens with zero attached hydrogens (tertiary/aromatic N) is 1. The van der Waals surface area contributed by atoms with Crippen molar-refractivity contribution in [3.05, 3.63) is 35.2 Å². The Morgan fingerprint density at radius 2 is 2.25 bits per heavy atom. The predicted octanol–water partition coefficient (Wildman–Crippen LogP) is 1.75. The lowest BCUT2D eigenvalue weighted by Gasteiger charge is -2.21.